The van der Waals surface area contributed by atoms with Crippen molar-refractivity contribution < 1.29 is 31.5 Å². The summed E-state index contributed by atoms with van der Waals surface area (Å²) in [7, 11) is -3.43. The zero-order valence-electron chi connectivity index (χ0n) is 18.0. The number of halogens is 1. The van der Waals surface area contributed by atoms with Gasteiger partial charge in [-0.3, -0.25) is 4.79 Å². The van der Waals surface area contributed by atoms with Crippen LogP contribution < -0.4 is 10.9 Å². The molecule has 0 spiro atoms. The van der Waals surface area contributed by atoms with E-state index in [9.17, 15) is 27.5 Å². The van der Waals surface area contributed by atoms with Crippen LogP contribution in [0.1, 0.15) is 11.1 Å². The Hall–Kier alpha value is -3.50. The molecule has 5 rings (SSSR count). The number of carbonyl (C=O) groups excluding carboxylic acids is 1. The van der Waals surface area contributed by atoms with Crippen molar-refractivity contribution in [2.75, 3.05) is 11.5 Å². The van der Waals surface area contributed by atoms with Gasteiger partial charge in [0.15, 0.2) is 9.84 Å². The first-order valence-corrected chi connectivity index (χ1v) is 12.3. The standard InChI is InChI=1S/C24H20FNO7S/c1-12-15-6-17-18(13-2-4-14(25)5-3-13)9-32-21(17)8-22(15)33-24(29)16(12)7-23(28)26-19-10-34(30,31)11-20(19)27/h2-6,8-9,19-20,27H,7,10-11H2,1H3,(H,26,28)/t19-,20-/m1/s1. The number of aliphatic hydroxyl groups excluding tert-OH is 1. The van der Waals surface area contributed by atoms with E-state index in [1.54, 1.807) is 37.5 Å². The highest BCUT2D eigenvalue weighted by Gasteiger charge is 2.37. The number of benzene rings is 2. The number of furan rings is 1. The lowest BCUT2D eigenvalue weighted by Gasteiger charge is -2.15. The van der Waals surface area contributed by atoms with Crippen molar-refractivity contribution in [1.82, 2.24) is 5.32 Å². The average molecular weight is 485 g/mol. The van der Waals surface area contributed by atoms with Crippen molar-refractivity contribution in [3.05, 3.63) is 70.0 Å². The summed E-state index contributed by atoms with van der Waals surface area (Å²) in [6.45, 7) is 1.69. The normalized spacial score (nSPS) is 19.6. The van der Waals surface area contributed by atoms with E-state index in [0.717, 1.165) is 16.5 Å². The maximum absolute atomic E-state index is 13.3. The summed E-state index contributed by atoms with van der Waals surface area (Å²) in [5, 5.41) is 13.7. The summed E-state index contributed by atoms with van der Waals surface area (Å²) in [4.78, 5) is 25.2. The molecule has 1 aliphatic heterocycles. The molecule has 0 bridgehead atoms. The Bertz CT molecular complexity index is 1600. The molecule has 176 valence electrons. The number of aryl methyl sites for hydroxylation is 1. The molecule has 4 aromatic rings. The molecule has 1 aliphatic rings. The lowest BCUT2D eigenvalue weighted by Crippen LogP contribution is -2.43. The van der Waals surface area contributed by atoms with Crippen LogP contribution in [0.25, 0.3) is 33.1 Å². The number of carbonyl (C=O) groups is 1. The van der Waals surface area contributed by atoms with Gasteiger partial charge in [-0.15, -0.1) is 0 Å². The van der Waals surface area contributed by atoms with Gasteiger partial charge in [0.05, 0.1) is 41.9 Å². The number of rotatable bonds is 4. The third-order valence-electron chi connectivity index (χ3n) is 6.14. The fourth-order valence-corrected chi connectivity index (χ4v) is 6.09. The number of hydrogen-bond acceptors (Lipinski definition) is 7. The van der Waals surface area contributed by atoms with Crippen molar-refractivity contribution in [3.8, 4) is 11.1 Å². The van der Waals surface area contributed by atoms with Crippen LogP contribution in [0.2, 0.25) is 0 Å². The third-order valence-corrected chi connectivity index (χ3v) is 7.86. The molecule has 1 saturated heterocycles. The summed E-state index contributed by atoms with van der Waals surface area (Å²) >= 11 is 0. The molecule has 2 aromatic heterocycles. The van der Waals surface area contributed by atoms with E-state index in [0.29, 0.717) is 16.5 Å². The van der Waals surface area contributed by atoms with Crippen LogP contribution in [0.3, 0.4) is 0 Å². The van der Waals surface area contributed by atoms with Crippen molar-refractivity contribution in [1.29, 1.82) is 0 Å². The van der Waals surface area contributed by atoms with Gasteiger partial charge in [0.2, 0.25) is 5.91 Å². The highest BCUT2D eigenvalue weighted by Crippen LogP contribution is 2.34. The Morgan fingerprint density at radius 1 is 1.15 bits per heavy atom. The predicted octanol–water partition coefficient (Wildman–Crippen LogP) is 2.47. The SMILES string of the molecule is Cc1c(CC(=O)N[C@@H]2CS(=O)(=O)C[C@H]2O)c(=O)oc2cc3occ(-c4ccc(F)cc4)c3cc12. The van der Waals surface area contributed by atoms with Gasteiger partial charge in [-0.25, -0.2) is 17.6 Å². The fourth-order valence-electron chi connectivity index (χ4n) is 4.35. The molecule has 1 amide bonds. The molecule has 3 heterocycles. The van der Waals surface area contributed by atoms with E-state index >= 15 is 0 Å². The Morgan fingerprint density at radius 2 is 1.88 bits per heavy atom. The minimum absolute atomic E-state index is 0.131. The summed E-state index contributed by atoms with van der Waals surface area (Å²) < 4.78 is 47.8. The largest absolute Gasteiger partial charge is 0.464 e. The van der Waals surface area contributed by atoms with Gasteiger partial charge in [0, 0.05) is 22.4 Å². The number of nitrogens with one attached hydrogen (secondary N) is 1. The van der Waals surface area contributed by atoms with Crippen LogP contribution in [0.4, 0.5) is 4.39 Å². The Balaban J connectivity index is 1.51. The summed E-state index contributed by atoms with van der Waals surface area (Å²) in [6, 6.07) is 8.43. The molecule has 34 heavy (non-hydrogen) atoms. The van der Waals surface area contributed by atoms with Gasteiger partial charge < -0.3 is 19.3 Å². The molecular formula is C24H20FNO7S. The van der Waals surface area contributed by atoms with Gasteiger partial charge >= 0.3 is 5.63 Å². The molecule has 1 fully saturated rings. The predicted molar refractivity (Wildman–Crippen MR) is 123 cm³/mol. The van der Waals surface area contributed by atoms with Crippen molar-refractivity contribution in [3.63, 3.8) is 0 Å². The monoisotopic (exact) mass is 485 g/mol. The van der Waals surface area contributed by atoms with Crippen LogP contribution in [0, 0.1) is 12.7 Å². The lowest BCUT2D eigenvalue weighted by molar-refractivity contribution is -0.121. The van der Waals surface area contributed by atoms with E-state index in [2.05, 4.69) is 5.32 Å². The lowest BCUT2D eigenvalue weighted by atomic mass is 9.99. The first kappa shape index (κ1) is 22.3. The first-order chi connectivity index (χ1) is 16.1. The van der Waals surface area contributed by atoms with E-state index in [1.165, 1.54) is 12.1 Å². The van der Waals surface area contributed by atoms with E-state index in [-0.39, 0.29) is 29.1 Å². The van der Waals surface area contributed by atoms with Crippen LogP contribution in [0.15, 0.2) is 56.3 Å². The van der Waals surface area contributed by atoms with E-state index in [4.69, 9.17) is 8.83 Å². The first-order valence-electron chi connectivity index (χ1n) is 10.5. The molecule has 0 saturated carbocycles. The minimum Gasteiger partial charge on any atom is -0.464 e. The Kier molecular flexibility index (Phi) is 5.29. The van der Waals surface area contributed by atoms with Crippen molar-refractivity contribution in [2.24, 2.45) is 0 Å². The second-order valence-electron chi connectivity index (χ2n) is 8.49. The highest BCUT2D eigenvalue weighted by molar-refractivity contribution is 7.91. The van der Waals surface area contributed by atoms with E-state index in [1.807, 2.05) is 0 Å². The zero-order chi connectivity index (χ0) is 24.2. The van der Waals surface area contributed by atoms with Gasteiger partial charge in [0.25, 0.3) is 0 Å². The Labute approximate surface area is 192 Å². The van der Waals surface area contributed by atoms with Gasteiger partial charge in [0.1, 0.15) is 17.0 Å². The highest BCUT2D eigenvalue weighted by atomic mass is 32.2. The van der Waals surface area contributed by atoms with Crippen molar-refractivity contribution in [2.45, 2.75) is 25.5 Å². The maximum atomic E-state index is 13.3. The molecule has 2 atom stereocenters. The molecule has 2 N–H and O–H groups in total. The smallest absolute Gasteiger partial charge is 0.340 e. The topological polar surface area (TPSA) is 127 Å². The summed E-state index contributed by atoms with van der Waals surface area (Å²) in [5.74, 6) is -1.71. The van der Waals surface area contributed by atoms with Crippen LogP contribution in [0.5, 0.6) is 0 Å². The molecule has 2 aromatic carbocycles. The third kappa shape index (κ3) is 3.99. The maximum Gasteiger partial charge on any atom is 0.340 e. The molecule has 0 unspecified atom stereocenters. The minimum atomic E-state index is -3.43. The summed E-state index contributed by atoms with van der Waals surface area (Å²) in [6.07, 6.45) is 0.0172. The molecule has 8 nitrogen and oxygen atoms in total. The molecular weight excluding hydrogens is 465 g/mol. The average Bonchev–Trinajstić information content (AvgIpc) is 3.29. The van der Waals surface area contributed by atoms with Gasteiger partial charge in [-0.1, -0.05) is 12.1 Å². The zero-order valence-corrected chi connectivity index (χ0v) is 18.8. The van der Waals surface area contributed by atoms with Gasteiger partial charge in [-0.2, -0.15) is 0 Å². The number of amides is 1. The van der Waals surface area contributed by atoms with Crippen molar-refractivity contribution >= 4 is 37.7 Å². The number of hydrogen-bond donors (Lipinski definition) is 2. The number of aliphatic hydroxyl groups is 1. The quantitative estimate of drug-likeness (QED) is 0.425. The van der Waals surface area contributed by atoms with Crippen LogP contribution >= 0.6 is 0 Å². The number of sulfone groups is 1. The fraction of sp³-hybridized carbons (Fsp3) is 0.250. The van der Waals surface area contributed by atoms with Crippen LogP contribution in [-0.2, 0) is 21.1 Å². The van der Waals surface area contributed by atoms with E-state index < -0.39 is 39.3 Å². The number of fused-ring (bicyclic) bond motifs is 2. The Morgan fingerprint density at radius 3 is 2.56 bits per heavy atom. The second kappa shape index (κ2) is 8.07. The molecule has 10 heteroatoms. The second-order valence-corrected chi connectivity index (χ2v) is 10.6. The molecule has 0 aliphatic carbocycles. The van der Waals surface area contributed by atoms with Gasteiger partial charge in [-0.05, 0) is 36.2 Å². The summed E-state index contributed by atoms with van der Waals surface area (Å²) in [5.41, 5.74) is 2.23. The molecule has 0 radical (unpaired) electrons. The van der Waals surface area contributed by atoms with Crippen LogP contribution in [-0.4, -0.2) is 43.1 Å².